The van der Waals surface area contributed by atoms with Crippen LogP contribution < -0.4 is 11.1 Å². The van der Waals surface area contributed by atoms with Gasteiger partial charge in [0, 0.05) is 17.7 Å². The number of nitrogens with zero attached hydrogens (tertiary/aromatic N) is 5. The number of hydrogen-bond acceptors (Lipinski definition) is 6. The summed E-state index contributed by atoms with van der Waals surface area (Å²) in [5.41, 5.74) is 8.04. The number of nitrogens with two attached hydrogens (primary N) is 1. The van der Waals surface area contributed by atoms with Crippen molar-refractivity contribution in [3.8, 4) is 0 Å². The number of carbonyl (C=O) groups is 1. The second-order valence-corrected chi connectivity index (χ2v) is 7.83. The molecule has 2 fully saturated rings. The number of amides is 1. The number of aromatic nitrogens is 6. The van der Waals surface area contributed by atoms with Gasteiger partial charge in [0.05, 0.1) is 11.4 Å². The molecule has 0 bridgehead atoms. The van der Waals surface area contributed by atoms with E-state index in [0.29, 0.717) is 22.8 Å². The number of nitrogens with one attached hydrogen (secondary N) is 2. The van der Waals surface area contributed by atoms with Crippen molar-refractivity contribution in [1.82, 2.24) is 29.9 Å². The van der Waals surface area contributed by atoms with E-state index in [4.69, 9.17) is 5.73 Å². The topological polar surface area (TPSA) is 127 Å². The van der Waals surface area contributed by atoms with E-state index in [1.54, 1.807) is 0 Å². The molecule has 0 spiro atoms. The van der Waals surface area contributed by atoms with Crippen molar-refractivity contribution in [2.45, 2.75) is 63.3 Å². The number of hydrogen-bond donors (Lipinski definition) is 3. The molecule has 0 saturated heterocycles. The van der Waals surface area contributed by atoms with Crippen LogP contribution in [0.1, 0.15) is 79.5 Å². The summed E-state index contributed by atoms with van der Waals surface area (Å²) in [6.45, 7) is 0. The first-order valence-electron chi connectivity index (χ1n) is 10.1. The van der Waals surface area contributed by atoms with E-state index in [9.17, 15) is 4.79 Å². The van der Waals surface area contributed by atoms with Crippen LogP contribution in [-0.4, -0.2) is 35.9 Å². The molecule has 0 aromatic carbocycles. The molecule has 0 unspecified atom stereocenters. The number of anilines is 2. The maximum absolute atomic E-state index is 13.0. The predicted molar refractivity (Wildman–Crippen MR) is 105 cm³/mol. The third-order valence-corrected chi connectivity index (χ3v) is 6.04. The molecule has 3 aromatic heterocycles. The van der Waals surface area contributed by atoms with Gasteiger partial charge in [0.15, 0.2) is 17.2 Å². The minimum Gasteiger partial charge on any atom is -0.383 e. The summed E-state index contributed by atoms with van der Waals surface area (Å²) >= 11 is 0. The van der Waals surface area contributed by atoms with Gasteiger partial charge in [0.25, 0.3) is 5.91 Å². The van der Waals surface area contributed by atoms with Gasteiger partial charge in [-0.05, 0) is 25.7 Å². The second kappa shape index (κ2) is 6.88. The van der Waals surface area contributed by atoms with Crippen molar-refractivity contribution in [2.75, 3.05) is 11.1 Å². The fraction of sp³-hybridized carbons (Fsp3) is 0.526. The lowest BCUT2D eigenvalue weighted by Crippen LogP contribution is -2.15. The van der Waals surface area contributed by atoms with E-state index in [0.717, 1.165) is 31.4 Å². The van der Waals surface area contributed by atoms with Gasteiger partial charge in [0.2, 0.25) is 0 Å². The molecule has 28 heavy (non-hydrogen) atoms. The van der Waals surface area contributed by atoms with Gasteiger partial charge < -0.3 is 11.1 Å². The van der Waals surface area contributed by atoms with Crippen LogP contribution >= 0.6 is 0 Å². The summed E-state index contributed by atoms with van der Waals surface area (Å²) in [4.78, 5) is 21.4. The molecule has 2 saturated carbocycles. The fourth-order valence-electron chi connectivity index (χ4n) is 4.58. The number of aromatic amines is 1. The third-order valence-electron chi connectivity index (χ3n) is 6.04. The van der Waals surface area contributed by atoms with Crippen molar-refractivity contribution >= 4 is 28.6 Å². The Hall–Kier alpha value is -2.97. The molecule has 3 heterocycles. The van der Waals surface area contributed by atoms with Gasteiger partial charge in [-0.3, -0.25) is 9.89 Å². The van der Waals surface area contributed by atoms with Crippen LogP contribution in [0.2, 0.25) is 0 Å². The number of fused-ring (bicyclic) bond motifs is 1. The van der Waals surface area contributed by atoms with Gasteiger partial charge in [-0.1, -0.05) is 25.7 Å². The molecule has 0 aliphatic heterocycles. The van der Waals surface area contributed by atoms with Crippen molar-refractivity contribution in [2.24, 2.45) is 0 Å². The predicted octanol–water partition coefficient (Wildman–Crippen LogP) is 3.16. The molecular formula is C19H24N8O. The van der Waals surface area contributed by atoms with E-state index < -0.39 is 0 Å². The maximum atomic E-state index is 13.0. The zero-order valence-corrected chi connectivity index (χ0v) is 15.7. The van der Waals surface area contributed by atoms with Crippen molar-refractivity contribution < 1.29 is 4.79 Å². The summed E-state index contributed by atoms with van der Waals surface area (Å²) in [5.74, 6) is 0.941. The molecule has 0 radical (unpaired) electrons. The zero-order valence-electron chi connectivity index (χ0n) is 15.7. The van der Waals surface area contributed by atoms with E-state index in [1.165, 1.54) is 32.0 Å². The third kappa shape index (κ3) is 2.90. The van der Waals surface area contributed by atoms with E-state index >= 15 is 0 Å². The Bertz CT molecular complexity index is 1010. The summed E-state index contributed by atoms with van der Waals surface area (Å²) in [5, 5.41) is 15.3. The number of rotatable bonds is 4. The standard InChI is InChI=1S/C19H24N8O/c20-17-15-16(26-27(12-7-3-4-8-12)18(15)22-10-21-17)19(28)23-14-9-13(24-25-14)11-5-1-2-6-11/h9-12H,1-8H2,(H2,20,21,22)(H2,23,24,25,28). The first kappa shape index (κ1) is 17.2. The Balaban J connectivity index is 1.46. The summed E-state index contributed by atoms with van der Waals surface area (Å²) in [7, 11) is 0. The van der Waals surface area contributed by atoms with Gasteiger partial charge in [-0.25, -0.2) is 14.6 Å². The monoisotopic (exact) mass is 380 g/mol. The zero-order chi connectivity index (χ0) is 19.1. The SMILES string of the molecule is Nc1ncnc2c1c(C(=O)Nc1cc(C3CCCC3)[nH]n1)nn2C1CCCC1. The quantitative estimate of drug-likeness (QED) is 0.638. The molecule has 9 heteroatoms. The smallest absolute Gasteiger partial charge is 0.278 e. The van der Waals surface area contributed by atoms with Crippen LogP contribution in [0.25, 0.3) is 11.0 Å². The minimum atomic E-state index is -0.340. The Morgan fingerprint density at radius 2 is 1.89 bits per heavy atom. The lowest BCUT2D eigenvalue weighted by Gasteiger charge is -2.09. The normalized spacial score (nSPS) is 18.3. The largest absolute Gasteiger partial charge is 0.383 e. The second-order valence-electron chi connectivity index (χ2n) is 7.83. The number of nitrogen functional groups attached to an aromatic ring is 1. The Kier molecular flexibility index (Phi) is 4.22. The van der Waals surface area contributed by atoms with Gasteiger partial charge in [0.1, 0.15) is 12.1 Å². The lowest BCUT2D eigenvalue weighted by molar-refractivity contribution is 0.102. The van der Waals surface area contributed by atoms with Gasteiger partial charge in [-0.15, -0.1) is 0 Å². The molecule has 1 amide bonds. The maximum Gasteiger partial charge on any atom is 0.278 e. The first-order chi connectivity index (χ1) is 13.7. The number of carbonyl (C=O) groups excluding carboxylic acids is 1. The van der Waals surface area contributed by atoms with Crippen molar-refractivity contribution in [3.05, 3.63) is 23.8 Å². The Morgan fingerprint density at radius 3 is 2.68 bits per heavy atom. The molecule has 2 aliphatic carbocycles. The summed E-state index contributed by atoms with van der Waals surface area (Å²) in [6, 6.07) is 2.17. The highest BCUT2D eigenvalue weighted by Crippen LogP contribution is 2.35. The Labute approximate surface area is 162 Å². The van der Waals surface area contributed by atoms with Gasteiger partial charge in [-0.2, -0.15) is 10.2 Å². The van der Waals surface area contributed by atoms with Gasteiger partial charge >= 0.3 is 0 Å². The Morgan fingerprint density at radius 1 is 1.14 bits per heavy atom. The van der Waals surface area contributed by atoms with Crippen LogP contribution in [0, 0.1) is 0 Å². The van der Waals surface area contributed by atoms with E-state index in [2.05, 4.69) is 30.6 Å². The summed E-state index contributed by atoms with van der Waals surface area (Å²) in [6.07, 6.45) is 10.6. The highest BCUT2D eigenvalue weighted by molar-refractivity contribution is 6.12. The average molecular weight is 380 g/mol. The highest BCUT2D eigenvalue weighted by atomic mass is 16.2. The lowest BCUT2D eigenvalue weighted by atomic mass is 10.0. The average Bonchev–Trinajstić information content (AvgIpc) is 3.45. The van der Waals surface area contributed by atoms with Crippen molar-refractivity contribution in [3.63, 3.8) is 0 Å². The van der Waals surface area contributed by atoms with Crippen LogP contribution in [0.15, 0.2) is 12.4 Å². The molecule has 5 rings (SSSR count). The van der Waals surface area contributed by atoms with E-state index in [-0.39, 0.29) is 23.5 Å². The summed E-state index contributed by atoms with van der Waals surface area (Å²) < 4.78 is 1.85. The molecule has 9 nitrogen and oxygen atoms in total. The van der Waals surface area contributed by atoms with Crippen LogP contribution in [-0.2, 0) is 0 Å². The highest BCUT2D eigenvalue weighted by Gasteiger charge is 2.27. The van der Waals surface area contributed by atoms with E-state index in [1.807, 2.05) is 10.7 Å². The van der Waals surface area contributed by atoms with Crippen LogP contribution in [0.3, 0.4) is 0 Å². The molecule has 0 atom stereocenters. The molecular weight excluding hydrogens is 356 g/mol. The minimum absolute atomic E-state index is 0.248. The fourth-order valence-corrected chi connectivity index (χ4v) is 4.58. The van der Waals surface area contributed by atoms with Crippen LogP contribution in [0.5, 0.6) is 0 Å². The molecule has 2 aliphatic rings. The molecule has 146 valence electrons. The molecule has 3 aromatic rings. The number of H-pyrrole nitrogens is 1. The molecule has 4 N–H and O–H groups in total. The first-order valence-corrected chi connectivity index (χ1v) is 10.1. The van der Waals surface area contributed by atoms with Crippen LogP contribution in [0.4, 0.5) is 11.6 Å². The van der Waals surface area contributed by atoms with Crippen molar-refractivity contribution in [1.29, 1.82) is 0 Å².